The van der Waals surface area contributed by atoms with Gasteiger partial charge in [0.1, 0.15) is 5.75 Å². The fourth-order valence-electron chi connectivity index (χ4n) is 2.67. The lowest BCUT2D eigenvalue weighted by atomic mass is 10.1. The Kier molecular flexibility index (Phi) is 7.95. The SMILES string of the molecule is CCOc1ccccc1OCC(=O)NCC(c1ccc(OC)cc1)N(C)C. The van der Waals surface area contributed by atoms with Crippen LogP contribution in [0.5, 0.6) is 17.2 Å². The van der Waals surface area contributed by atoms with Crippen molar-refractivity contribution >= 4 is 5.91 Å². The number of nitrogens with zero attached hydrogens (tertiary/aromatic N) is 1. The van der Waals surface area contributed by atoms with Gasteiger partial charge in [-0.25, -0.2) is 0 Å². The van der Waals surface area contributed by atoms with Crippen LogP contribution in [0.3, 0.4) is 0 Å². The molecule has 1 unspecified atom stereocenters. The molecule has 0 aromatic heterocycles. The van der Waals surface area contributed by atoms with Crippen molar-refractivity contribution in [2.45, 2.75) is 13.0 Å². The Morgan fingerprint density at radius 1 is 1.04 bits per heavy atom. The van der Waals surface area contributed by atoms with Crippen LogP contribution in [0, 0.1) is 0 Å². The van der Waals surface area contributed by atoms with Crippen molar-refractivity contribution in [3.63, 3.8) is 0 Å². The van der Waals surface area contributed by atoms with Crippen molar-refractivity contribution < 1.29 is 19.0 Å². The van der Waals surface area contributed by atoms with E-state index in [1.807, 2.05) is 63.5 Å². The van der Waals surface area contributed by atoms with E-state index in [1.54, 1.807) is 13.2 Å². The second kappa shape index (κ2) is 10.4. The van der Waals surface area contributed by atoms with Gasteiger partial charge in [0.2, 0.25) is 0 Å². The Bertz CT molecular complexity index is 716. The first-order valence-electron chi connectivity index (χ1n) is 8.96. The van der Waals surface area contributed by atoms with Crippen LogP contribution >= 0.6 is 0 Å². The Morgan fingerprint density at radius 2 is 1.67 bits per heavy atom. The molecule has 0 bridgehead atoms. The molecule has 1 atom stereocenters. The second-order valence-corrected chi connectivity index (χ2v) is 6.23. The lowest BCUT2D eigenvalue weighted by Crippen LogP contribution is -2.36. The van der Waals surface area contributed by atoms with Gasteiger partial charge < -0.3 is 24.4 Å². The Balaban J connectivity index is 1.90. The number of carbonyl (C=O) groups is 1. The molecule has 1 N–H and O–H groups in total. The number of rotatable bonds is 10. The van der Waals surface area contributed by atoms with Gasteiger partial charge in [0, 0.05) is 6.54 Å². The molecule has 27 heavy (non-hydrogen) atoms. The standard InChI is InChI=1S/C21H28N2O4/c1-5-26-19-8-6-7-9-20(19)27-15-21(24)22-14-18(23(2)3)16-10-12-17(25-4)13-11-16/h6-13,18H,5,14-15H2,1-4H3,(H,22,24). The zero-order chi connectivity index (χ0) is 19.6. The summed E-state index contributed by atoms with van der Waals surface area (Å²) in [5.41, 5.74) is 1.10. The molecule has 0 fully saturated rings. The lowest BCUT2D eigenvalue weighted by molar-refractivity contribution is -0.123. The van der Waals surface area contributed by atoms with Gasteiger partial charge in [-0.15, -0.1) is 0 Å². The molecule has 0 saturated heterocycles. The maximum atomic E-state index is 12.2. The molecule has 0 saturated carbocycles. The molecule has 0 aliphatic carbocycles. The number of methoxy groups -OCH3 is 1. The zero-order valence-electron chi connectivity index (χ0n) is 16.4. The molecule has 146 valence electrons. The maximum absolute atomic E-state index is 12.2. The molecular weight excluding hydrogens is 344 g/mol. The van der Waals surface area contributed by atoms with E-state index in [2.05, 4.69) is 10.2 Å². The van der Waals surface area contributed by atoms with Gasteiger partial charge >= 0.3 is 0 Å². The third-order valence-electron chi connectivity index (χ3n) is 4.12. The highest BCUT2D eigenvalue weighted by atomic mass is 16.5. The van der Waals surface area contributed by atoms with Crippen LogP contribution in [-0.4, -0.2) is 51.8 Å². The van der Waals surface area contributed by atoms with Crippen molar-refractivity contribution in [2.24, 2.45) is 0 Å². The summed E-state index contributed by atoms with van der Waals surface area (Å²) >= 11 is 0. The summed E-state index contributed by atoms with van der Waals surface area (Å²) < 4.78 is 16.3. The van der Waals surface area contributed by atoms with Crippen LogP contribution in [-0.2, 0) is 4.79 Å². The fraction of sp³-hybridized carbons (Fsp3) is 0.381. The van der Waals surface area contributed by atoms with Gasteiger partial charge in [-0.05, 0) is 50.8 Å². The minimum atomic E-state index is -0.179. The van der Waals surface area contributed by atoms with Crippen LogP contribution in [0.15, 0.2) is 48.5 Å². The first-order valence-corrected chi connectivity index (χ1v) is 8.96. The van der Waals surface area contributed by atoms with E-state index in [1.165, 1.54) is 0 Å². The van der Waals surface area contributed by atoms with E-state index in [-0.39, 0.29) is 18.6 Å². The average molecular weight is 372 g/mol. The molecule has 6 nitrogen and oxygen atoms in total. The van der Waals surface area contributed by atoms with Crippen molar-refractivity contribution in [2.75, 3.05) is 41.0 Å². The fourth-order valence-corrected chi connectivity index (χ4v) is 2.67. The van der Waals surface area contributed by atoms with Crippen molar-refractivity contribution in [3.8, 4) is 17.2 Å². The largest absolute Gasteiger partial charge is 0.497 e. The summed E-state index contributed by atoms with van der Waals surface area (Å²) in [5, 5.41) is 2.94. The van der Waals surface area contributed by atoms with E-state index < -0.39 is 0 Å². The first-order chi connectivity index (χ1) is 13.0. The molecular formula is C21H28N2O4. The topological polar surface area (TPSA) is 60.0 Å². The van der Waals surface area contributed by atoms with Gasteiger partial charge in [0.25, 0.3) is 5.91 Å². The quantitative estimate of drug-likeness (QED) is 0.695. The van der Waals surface area contributed by atoms with Crippen LogP contribution < -0.4 is 19.5 Å². The number of benzene rings is 2. The summed E-state index contributed by atoms with van der Waals surface area (Å²) in [6, 6.07) is 15.2. The Labute approximate surface area is 161 Å². The summed E-state index contributed by atoms with van der Waals surface area (Å²) in [4.78, 5) is 14.3. The van der Waals surface area contributed by atoms with E-state index >= 15 is 0 Å². The molecule has 0 radical (unpaired) electrons. The number of nitrogens with one attached hydrogen (secondary N) is 1. The molecule has 2 rings (SSSR count). The normalized spacial score (nSPS) is 11.7. The van der Waals surface area contributed by atoms with E-state index in [0.29, 0.717) is 24.7 Å². The van der Waals surface area contributed by atoms with Crippen LogP contribution in [0.2, 0.25) is 0 Å². The highest BCUT2D eigenvalue weighted by molar-refractivity contribution is 5.77. The summed E-state index contributed by atoms with van der Waals surface area (Å²) in [6.45, 7) is 2.87. The molecule has 0 heterocycles. The smallest absolute Gasteiger partial charge is 0.258 e. The lowest BCUT2D eigenvalue weighted by Gasteiger charge is -2.25. The van der Waals surface area contributed by atoms with Crippen molar-refractivity contribution in [1.82, 2.24) is 10.2 Å². The van der Waals surface area contributed by atoms with Crippen LogP contribution in [0.25, 0.3) is 0 Å². The van der Waals surface area contributed by atoms with E-state index in [4.69, 9.17) is 14.2 Å². The van der Waals surface area contributed by atoms with Gasteiger partial charge in [-0.2, -0.15) is 0 Å². The number of carbonyl (C=O) groups excluding carboxylic acids is 1. The number of para-hydroxylation sites is 2. The highest BCUT2D eigenvalue weighted by Crippen LogP contribution is 2.26. The molecule has 0 spiro atoms. The van der Waals surface area contributed by atoms with Gasteiger partial charge in [0.15, 0.2) is 18.1 Å². The van der Waals surface area contributed by atoms with Crippen LogP contribution in [0.4, 0.5) is 0 Å². The third-order valence-corrected chi connectivity index (χ3v) is 4.12. The number of likely N-dealkylation sites (N-methyl/N-ethyl adjacent to an activating group) is 1. The summed E-state index contributed by atoms with van der Waals surface area (Å²) in [5.74, 6) is 1.83. The van der Waals surface area contributed by atoms with Crippen LogP contribution in [0.1, 0.15) is 18.5 Å². The van der Waals surface area contributed by atoms with Gasteiger partial charge in [0.05, 0.1) is 19.8 Å². The minimum Gasteiger partial charge on any atom is -0.497 e. The zero-order valence-corrected chi connectivity index (χ0v) is 16.4. The maximum Gasteiger partial charge on any atom is 0.258 e. The van der Waals surface area contributed by atoms with Crippen molar-refractivity contribution in [1.29, 1.82) is 0 Å². The molecule has 1 amide bonds. The molecule has 0 aliphatic heterocycles. The molecule has 2 aromatic rings. The second-order valence-electron chi connectivity index (χ2n) is 6.23. The number of hydrogen-bond acceptors (Lipinski definition) is 5. The number of ether oxygens (including phenoxy) is 3. The molecule has 2 aromatic carbocycles. The highest BCUT2D eigenvalue weighted by Gasteiger charge is 2.16. The van der Waals surface area contributed by atoms with E-state index in [9.17, 15) is 4.79 Å². The van der Waals surface area contributed by atoms with E-state index in [0.717, 1.165) is 11.3 Å². The molecule has 0 aliphatic rings. The monoisotopic (exact) mass is 372 g/mol. The van der Waals surface area contributed by atoms with Gasteiger partial charge in [-0.1, -0.05) is 24.3 Å². The van der Waals surface area contributed by atoms with Gasteiger partial charge in [-0.3, -0.25) is 4.79 Å². The summed E-state index contributed by atoms with van der Waals surface area (Å²) in [6.07, 6.45) is 0. The summed E-state index contributed by atoms with van der Waals surface area (Å²) in [7, 11) is 5.61. The van der Waals surface area contributed by atoms with Crippen molar-refractivity contribution in [3.05, 3.63) is 54.1 Å². The Hall–Kier alpha value is -2.73. The third kappa shape index (κ3) is 6.18. The predicted molar refractivity (Wildman–Crippen MR) is 106 cm³/mol. The Morgan fingerprint density at radius 3 is 2.22 bits per heavy atom. The average Bonchev–Trinajstić information content (AvgIpc) is 2.68. The number of hydrogen-bond donors (Lipinski definition) is 1. The number of amides is 1. The minimum absolute atomic E-state index is 0.0515. The molecule has 6 heteroatoms. The predicted octanol–water partition coefficient (Wildman–Crippen LogP) is 2.89. The first kappa shape index (κ1) is 20.6.